The van der Waals surface area contributed by atoms with Gasteiger partial charge >= 0.3 is 5.97 Å². The van der Waals surface area contributed by atoms with Crippen LogP contribution in [0.4, 0.5) is 5.69 Å². The molecule has 0 unspecified atom stereocenters. The van der Waals surface area contributed by atoms with Crippen molar-refractivity contribution in [1.29, 1.82) is 0 Å². The van der Waals surface area contributed by atoms with E-state index in [1.165, 1.54) is 0 Å². The van der Waals surface area contributed by atoms with E-state index in [4.69, 9.17) is 16.6 Å². The number of anilines is 1. The monoisotopic (exact) mass is 244 g/mol. The van der Waals surface area contributed by atoms with Crippen LogP contribution in [0.2, 0.25) is 0 Å². The summed E-state index contributed by atoms with van der Waals surface area (Å²) in [6.07, 6.45) is 0. The molecular weight excluding hydrogens is 236 g/mol. The molecule has 0 bridgehead atoms. The van der Waals surface area contributed by atoms with E-state index in [0.29, 0.717) is 15.7 Å². The van der Waals surface area contributed by atoms with E-state index >= 15 is 0 Å². The maximum absolute atomic E-state index is 10.6. The van der Waals surface area contributed by atoms with Crippen molar-refractivity contribution in [1.82, 2.24) is 0 Å². The van der Waals surface area contributed by atoms with E-state index in [-0.39, 0.29) is 0 Å². The fourth-order valence-corrected chi connectivity index (χ4v) is 1.57. The fourth-order valence-electron chi connectivity index (χ4n) is 0.929. The van der Waals surface area contributed by atoms with Crippen LogP contribution in [-0.4, -0.2) is 11.1 Å². The first-order valence-corrected chi connectivity index (χ1v) is 4.35. The molecule has 0 saturated carbocycles. The number of carboxylic acid groups (broad SMARTS) is 1. The third-order valence-electron chi connectivity index (χ3n) is 1.63. The molecular formula is C8H9BrN2O2. The van der Waals surface area contributed by atoms with E-state index in [0.717, 1.165) is 0 Å². The van der Waals surface area contributed by atoms with Crippen LogP contribution in [0.25, 0.3) is 0 Å². The molecule has 70 valence electrons. The second-order valence-corrected chi connectivity index (χ2v) is 3.45. The molecule has 1 aromatic rings. The third kappa shape index (κ3) is 2.19. The van der Waals surface area contributed by atoms with Crippen molar-refractivity contribution in [3.05, 3.63) is 28.2 Å². The van der Waals surface area contributed by atoms with E-state index in [1.807, 2.05) is 0 Å². The first kappa shape index (κ1) is 10.0. The Morgan fingerprint density at radius 1 is 1.54 bits per heavy atom. The summed E-state index contributed by atoms with van der Waals surface area (Å²) in [5.74, 6) is -1.06. The van der Waals surface area contributed by atoms with Crippen molar-refractivity contribution in [3.8, 4) is 0 Å². The van der Waals surface area contributed by atoms with Gasteiger partial charge in [-0.15, -0.1) is 0 Å². The number of nitrogens with two attached hydrogens (primary N) is 2. The van der Waals surface area contributed by atoms with Gasteiger partial charge in [0, 0.05) is 10.2 Å². The molecule has 0 aliphatic carbocycles. The van der Waals surface area contributed by atoms with Crippen molar-refractivity contribution in [2.75, 3.05) is 5.73 Å². The molecule has 0 radical (unpaired) electrons. The number of hydrogen-bond donors (Lipinski definition) is 3. The Hall–Kier alpha value is -1.07. The normalized spacial score (nSPS) is 12.5. The molecule has 5 N–H and O–H groups in total. The largest absolute Gasteiger partial charge is 0.480 e. The van der Waals surface area contributed by atoms with Gasteiger partial charge in [-0.25, -0.2) is 0 Å². The topological polar surface area (TPSA) is 89.3 Å². The van der Waals surface area contributed by atoms with E-state index in [1.54, 1.807) is 18.2 Å². The van der Waals surface area contributed by atoms with Crippen molar-refractivity contribution in [3.63, 3.8) is 0 Å². The number of rotatable bonds is 2. The molecule has 0 spiro atoms. The van der Waals surface area contributed by atoms with Gasteiger partial charge in [0.25, 0.3) is 0 Å². The number of carboxylic acids is 1. The Balaban J connectivity index is 3.08. The molecule has 0 saturated heterocycles. The van der Waals surface area contributed by atoms with Crippen LogP contribution >= 0.6 is 15.9 Å². The minimum absolute atomic E-state index is 0.515. The molecule has 0 aromatic heterocycles. The molecule has 1 atom stereocenters. The minimum Gasteiger partial charge on any atom is -0.480 e. The Bertz CT molecular complexity index is 341. The zero-order chi connectivity index (χ0) is 10.0. The highest BCUT2D eigenvalue weighted by atomic mass is 79.9. The molecule has 1 rings (SSSR count). The van der Waals surface area contributed by atoms with Crippen LogP contribution in [0.1, 0.15) is 11.6 Å². The van der Waals surface area contributed by atoms with Gasteiger partial charge in [-0.2, -0.15) is 0 Å². The SMILES string of the molecule is Nc1ccc([C@@H](N)C(=O)O)c(Br)c1. The van der Waals surface area contributed by atoms with Gasteiger partial charge < -0.3 is 16.6 Å². The fraction of sp³-hybridized carbons (Fsp3) is 0.125. The molecule has 1 aromatic carbocycles. The molecule has 0 fully saturated rings. The Morgan fingerprint density at radius 2 is 2.15 bits per heavy atom. The average molecular weight is 245 g/mol. The van der Waals surface area contributed by atoms with E-state index in [2.05, 4.69) is 15.9 Å². The third-order valence-corrected chi connectivity index (χ3v) is 2.31. The molecule has 0 aliphatic rings. The van der Waals surface area contributed by atoms with Crippen molar-refractivity contribution in [2.24, 2.45) is 5.73 Å². The molecule has 0 amide bonds. The Morgan fingerprint density at radius 3 is 2.62 bits per heavy atom. The summed E-state index contributed by atoms with van der Waals surface area (Å²) in [6, 6.07) is 3.81. The zero-order valence-corrected chi connectivity index (χ0v) is 8.28. The molecule has 0 heterocycles. The van der Waals surface area contributed by atoms with Crippen molar-refractivity contribution < 1.29 is 9.90 Å². The standard InChI is InChI=1S/C8H9BrN2O2/c9-6-3-4(10)1-2-5(6)7(11)8(12)13/h1-3,7H,10-11H2,(H,12,13)/t7-/m1/s1. The zero-order valence-electron chi connectivity index (χ0n) is 6.70. The van der Waals surface area contributed by atoms with Crippen molar-refractivity contribution >= 4 is 27.6 Å². The molecule has 4 nitrogen and oxygen atoms in total. The summed E-state index contributed by atoms with van der Waals surface area (Å²) < 4.78 is 0.613. The summed E-state index contributed by atoms with van der Waals surface area (Å²) in [5, 5.41) is 8.65. The van der Waals surface area contributed by atoms with Gasteiger partial charge in [0.15, 0.2) is 0 Å². The second kappa shape index (κ2) is 3.76. The molecule has 13 heavy (non-hydrogen) atoms. The van der Waals surface area contributed by atoms with Gasteiger partial charge in [-0.05, 0) is 17.7 Å². The number of halogens is 1. The number of carbonyl (C=O) groups is 1. The van der Waals surface area contributed by atoms with Crippen LogP contribution < -0.4 is 11.5 Å². The highest BCUT2D eigenvalue weighted by molar-refractivity contribution is 9.10. The van der Waals surface area contributed by atoms with E-state index < -0.39 is 12.0 Å². The molecule has 5 heteroatoms. The predicted octanol–water partition coefficient (Wildman–Crippen LogP) is 1.12. The van der Waals surface area contributed by atoms with Gasteiger partial charge in [0.1, 0.15) is 6.04 Å². The quantitative estimate of drug-likeness (QED) is 0.681. The molecule has 0 aliphatic heterocycles. The van der Waals surface area contributed by atoms with E-state index in [9.17, 15) is 4.79 Å². The van der Waals surface area contributed by atoms with Gasteiger partial charge in [0.05, 0.1) is 0 Å². The summed E-state index contributed by atoms with van der Waals surface area (Å²) in [7, 11) is 0. The minimum atomic E-state index is -1.06. The van der Waals surface area contributed by atoms with Crippen LogP contribution in [0.15, 0.2) is 22.7 Å². The summed E-state index contributed by atoms with van der Waals surface area (Å²) in [6.45, 7) is 0. The second-order valence-electron chi connectivity index (χ2n) is 2.60. The van der Waals surface area contributed by atoms with Gasteiger partial charge in [-0.1, -0.05) is 22.0 Å². The van der Waals surface area contributed by atoms with Gasteiger partial charge in [-0.3, -0.25) is 4.79 Å². The lowest BCUT2D eigenvalue weighted by Gasteiger charge is -2.09. The lowest BCUT2D eigenvalue weighted by Crippen LogP contribution is -2.21. The first-order valence-electron chi connectivity index (χ1n) is 3.55. The highest BCUT2D eigenvalue weighted by Crippen LogP contribution is 2.24. The van der Waals surface area contributed by atoms with Crippen LogP contribution in [0.5, 0.6) is 0 Å². The Labute approximate surface area is 83.7 Å². The highest BCUT2D eigenvalue weighted by Gasteiger charge is 2.16. The average Bonchev–Trinajstić information content (AvgIpc) is 2.03. The van der Waals surface area contributed by atoms with Crippen LogP contribution in [0.3, 0.4) is 0 Å². The number of aliphatic carboxylic acids is 1. The first-order chi connectivity index (χ1) is 6.02. The number of nitrogen functional groups attached to an aromatic ring is 1. The van der Waals surface area contributed by atoms with Crippen LogP contribution in [-0.2, 0) is 4.79 Å². The smallest absolute Gasteiger partial charge is 0.325 e. The maximum atomic E-state index is 10.6. The maximum Gasteiger partial charge on any atom is 0.325 e. The van der Waals surface area contributed by atoms with Crippen LogP contribution in [0, 0.1) is 0 Å². The van der Waals surface area contributed by atoms with Crippen molar-refractivity contribution in [2.45, 2.75) is 6.04 Å². The number of benzene rings is 1. The summed E-state index contributed by atoms with van der Waals surface area (Å²) >= 11 is 3.19. The lowest BCUT2D eigenvalue weighted by atomic mass is 10.1. The summed E-state index contributed by atoms with van der Waals surface area (Å²) in [5.41, 5.74) is 12.0. The lowest BCUT2D eigenvalue weighted by molar-refractivity contribution is -0.138. The van der Waals surface area contributed by atoms with Gasteiger partial charge in [0.2, 0.25) is 0 Å². The summed E-state index contributed by atoms with van der Waals surface area (Å²) in [4.78, 5) is 10.6. The number of hydrogen-bond acceptors (Lipinski definition) is 3. The predicted molar refractivity (Wildman–Crippen MR) is 53.1 cm³/mol. The Kier molecular flexibility index (Phi) is 2.90.